The molecule has 1 heterocycles. The summed E-state index contributed by atoms with van der Waals surface area (Å²) in [6.45, 7) is 2.19. The van der Waals surface area contributed by atoms with Crippen LogP contribution in [0, 0.1) is 0 Å². The van der Waals surface area contributed by atoms with E-state index in [2.05, 4.69) is 22.4 Å². The fourth-order valence-electron chi connectivity index (χ4n) is 2.73. The van der Waals surface area contributed by atoms with Crippen LogP contribution in [0.15, 0.2) is 72.9 Å². The van der Waals surface area contributed by atoms with Gasteiger partial charge < -0.3 is 10.2 Å². The van der Waals surface area contributed by atoms with Gasteiger partial charge in [-0.25, -0.2) is 4.98 Å². The number of carbonyl (C=O) groups is 2. The van der Waals surface area contributed by atoms with Gasteiger partial charge in [-0.05, 0) is 36.8 Å². The van der Waals surface area contributed by atoms with E-state index in [1.807, 2.05) is 30.1 Å². The van der Waals surface area contributed by atoms with Crippen molar-refractivity contribution >= 4 is 23.2 Å². The summed E-state index contributed by atoms with van der Waals surface area (Å²) in [6, 6.07) is 20.4. The third-order valence-corrected chi connectivity index (χ3v) is 4.19. The molecule has 0 aliphatic heterocycles. The second-order valence-electron chi connectivity index (χ2n) is 6.34. The second kappa shape index (κ2) is 8.27. The molecule has 0 aliphatic carbocycles. The molecule has 0 spiro atoms. The van der Waals surface area contributed by atoms with E-state index in [-0.39, 0.29) is 11.7 Å². The molecular formula is C22H21N3O2. The number of aromatic nitrogens is 1. The molecule has 0 aliphatic rings. The summed E-state index contributed by atoms with van der Waals surface area (Å²) in [5, 5.41) is 2.83. The van der Waals surface area contributed by atoms with Crippen molar-refractivity contribution in [3.8, 4) is 0 Å². The zero-order valence-electron chi connectivity index (χ0n) is 15.3. The van der Waals surface area contributed by atoms with Crippen molar-refractivity contribution in [3.05, 3.63) is 89.6 Å². The Morgan fingerprint density at radius 1 is 0.963 bits per heavy atom. The Morgan fingerprint density at radius 3 is 2.48 bits per heavy atom. The van der Waals surface area contributed by atoms with E-state index in [0.29, 0.717) is 29.2 Å². The molecule has 5 heteroatoms. The lowest BCUT2D eigenvalue weighted by Crippen LogP contribution is -2.19. The van der Waals surface area contributed by atoms with Crippen molar-refractivity contribution < 1.29 is 9.59 Å². The lowest BCUT2D eigenvalue weighted by molar-refractivity contribution is 0.101. The number of nitrogens with zero attached hydrogens (tertiary/aromatic N) is 2. The fourth-order valence-corrected chi connectivity index (χ4v) is 2.73. The van der Waals surface area contributed by atoms with E-state index in [1.54, 1.807) is 42.6 Å². The normalized spacial score (nSPS) is 10.3. The average Bonchev–Trinajstić information content (AvgIpc) is 2.69. The largest absolute Gasteiger partial charge is 0.355 e. The number of carbonyl (C=O) groups excluding carboxylic acids is 2. The van der Waals surface area contributed by atoms with Gasteiger partial charge in [0.2, 0.25) is 0 Å². The van der Waals surface area contributed by atoms with E-state index >= 15 is 0 Å². The minimum atomic E-state index is -0.243. The molecule has 5 nitrogen and oxygen atoms in total. The molecule has 0 radical (unpaired) electrons. The number of rotatable bonds is 6. The van der Waals surface area contributed by atoms with Crippen molar-refractivity contribution in [2.45, 2.75) is 13.5 Å². The molecule has 0 fully saturated rings. The molecule has 0 saturated heterocycles. The number of pyridine rings is 1. The highest BCUT2D eigenvalue weighted by Gasteiger charge is 2.11. The Balaban J connectivity index is 1.73. The van der Waals surface area contributed by atoms with E-state index in [1.165, 1.54) is 6.92 Å². The van der Waals surface area contributed by atoms with Gasteiger partial charge in [-0.15, -0.1) is 0 Å². The van der Waals surface area contributed by atoms with E-state index in [4.69, 9.17) is 0 Å². The average molecular weight is 359 g/mol. The molecule has 0 atom stereocenters. The highest BCUT2D eigenvalue weighted by molar-refractivity contribution is 6.05. The molecule has 1 N–H and O–H groups in total. The minimum absolute atomic E-state index is 0.0418. The van der Waals surface area contributed by atoms with Crippen molar-refractivity contribution in [3.63, 3.8) is 0 Å². The third-order valence-electron chi connectivity index (χ3n) is 4.19. The number of hydrogen-bond donors (Lipinski definition) is 1. The van der Waals surface area contributed by atoms with Gasteiger partial charge in [0, 0.05) is 36.6 Å². The molecular weight excluding hydrogens is 338 g/mol. The highest BCUT2D eigenvalue weighted by Crippen LogP contribution is 2.17. The predicted molar refractivity (Wildman–Crippen MR) is 107 cm³/mol. The summed E-state index contributed by atoms with van der Waals surface area (Å²) in [6.07, 6.45) is 1.62. The molecule has 3 rings (SSSR count). The number of anilines is 2. The summed E-state index contributed by atoms with van der Waals surface area (Å²) in [5.41, 5.74) is 2.82. The number of amides is 1. The lowest BCUT2D eigenvalue weighted by Gasteiger charge is -2.18. The van der Waals surface area contributed by atoms with Crippen LogP contribution in [0.5, 0.6) is 0 Å². The third kappa shape index (κ3) is 4.79. The molecule has 2 aromatic carbocycles. The second-order valence-corrected chi connectivity index (χ2v) is 6.34. The van der Waals surface area contributed by atoms with E-state index < -0.39 is 0 Å². The number of benzene rings is 2. The maximum atomic E-state index is 12.6. The first kappa shape index (κ1) is 18.3. The van der Waals surface area contributed by atoms with Crippen LogP contribution in [0.4, 0.5) is 11.5 Å². The van der Waals surface area contributed by atoms with Gasteiger partial charge in [0.25, 0.3) is 5.91 Å². The molecule has 3 aromatic rings. The van der Waals surface area contributed by atoms with Gasteiger partial charge in [0.05, 0.1) is 0 Å². The van der Waals surface area contributed by atoms with E-state index in [9.17, 15) is 9.59 Å². The van der Waals surface area contributed by atoms with Gasteiger partial charge in [-0.3, -0.25) is 9.59 Å². The van der Waals surface area contributed by atoms with E-state index in [0.717, 1.165) is 5.56 Å². The van der Waals surface area contributed by atoms with Crippen LogP contribution in [0.2, 0.25) is 0 Å². The van der Waals surface area contributed by atoms with Crippen LogP contribution >= 0.6 is 0 Å². The van der Waals surface area contributed by atoms with Crippen molar-refractivity contribution in [2.24, 2.45) is 0 Å². The van der Waals surface area contributed by atoms with Crippen LogP contribution in [-0.4, -0.2) is 23.7 Å². The number of Topliss-reactive ketones (excluding diaryl/α,β-unsaturated/α-hetero) is 1. The van der Waals surface area contributed by atoms with Crippen molar-refractivity contribution in [1.82, 2.24) is 4.98 Å². The van der Waals surface area contributed by atoms with Crippen LogP contribution in [0.3, 0.4) is 0 Å². The minimum Gasteiger partial charge on any atom is -0.355 e. The maximum absolute atomic E-state index is 12.6. The Hall–Kier alpha value is -3.47. The molecule has 1 amide bonds. The zero-order valence-corrected chi connectivity index (χ0v) is 15.3. The number of ketones is 1. The number of nitrogens with one attached hydrogen (secondary N) is 1. The molecule has 1 aromatic heterocycles. The molecule has 0 saturated carbocycles. The fraction of sp³-hybridized carbons (Fsp3) is 0.136. The first-order valence-electron chi connectivity index (χ1n) is 8.66. The van der Waals surface area contributed by atoms with Gasteiger partial charge in [-0.2, -0.15) is 0 Å². The summed E-state index contributed by atoms with van der Waals surface area (Å²) in [4.78, 5) is 30.4. The first-order chi connectivity index (χ1) is 13.0. The molecule has 27 heavy (non-hydrogen) atoms. The van der Waals surface area contributed by atoms with Crippen LogP contribution < -0.4 is 10.2 Å². The summed E-state index contributed by atoms with van der Waals surface area (Å²) < 4.78 is 0. The topological polar surface area (TPSA) is 62.3 Å². The lowest BCUT2D eigenvalue weighted by atomic mass is 10.1. The Kier molecular flexibility index (Phi) is 5.61. The highest BCUT2D eigenvalue weighted by atomic mass is 16.1. The standard InChI is InChI=1S/C22H21N3O2/c1-16(26)18-9-6-10-20(13-18)24-22(27)19-11-12-23-21(14-19)25(2)15-17-7-4-3-5-8-17/h3-14H,15H2,1-2H3,(H,24,27). The van der Waals surface area contributed by atoms with Gasteiger partial charge in [0.15, 0.2) is 5.78 Å². The van der Waals surface area contributed by atoms with Gasteiger partial charge in [0.1, 0.15) is 5.82 Å². The molecule has 0 bridgehead atoms. The predicted octanol–water partition coefficient (Wildman–Crippen LogP) is 4.17. The van der Waals surface area contributed by atoms with Crippen LogP contribution in [-0.2, 0) is 6.54 Å². The van der Waals surface area contributed by atoms with Gasteiger partial charge >= 0.3 is 0 Å². The number of hydrogen-bond acceptors (Lipinski definition) is 4. The van der Waals surface area contributed by atoms with Crippen LogP contribution in [0.1, 0.15) is 33.2 Å². The summed E-state index contributed by atoms with van der Waals surface area (Å²) in [5.74, 6) is 0.427. The smallest absolute Gasteiger partial charge is 0.255 e. The quantitative estimate of drug-likeness (QED) is 0.671. The Bertz CT molecular complexity index is 955. The monoisotopic (exact) mass is 359 g/mol. The SMILES string of the molecule is CC(=O)c1cccc(NC(=O)c2ccnc(N(C)Cc3ccccc3)c2)c1. The summed E-state index contributed by atoms with van der Waals surface area (Å²) in [7, 11) is 1.94. The van der Waals surface area contributed by atoms with Crippen molar-refractivity contribution in [1.29, 1.82) is 0 Å². The maximum Gasteiger partial charge on any atom is 0.255 e. The Morgan fingerprint density at radius 2 is 1.74 bits per heavy atom. The van der Waals surface area contributed by atoms with Crippen LogP contribution in [0.25, 0.3) is 0 Å². The summed E-state index contributed by atoms with van der Waals surface area (Å²) >= 11 is 0. The first-order valence-corrected chi connectivity index (χ1v) is 8.66. The van der Waals surface area contributed by atoms with Crippen molar-refractivity contribution in [2.75, 3.05) is 17.3 Å². The molecule has 0 unspecified atom stereocenters. The zero-order chi connectivity index (χ0) is 19.2. The Labute approximate surface area is 158 Å². The van der Waals surface area contributed by atoms with Gasteiger partial charge in [-0.1, -0.05) is 42.5 Å². The molecule has 136 valence electrons.